The van der Waals surface area contributed by atoms with E-state index in [2.05, 4.69) is 34.9 Å². The molecule has 2 aliphatic rings. The number of carbonyl (C=O) groups excluding carboxylic acids is 2. The highest BCUT2D eigenvalue weighted by Crippen LogP contribution is 2.44. The van der Waals surface area contributed by atoms with Gasteiger partial charge in [-0.3, -0.25) is 4.79 Å². The average molecular weight is 481 g/mol. The Kier molecular flexibility index (Phi) is 7.70. The van der Waals surface area contributed by atoms with Crippen molar-refractivity contribution in [3.8, 4) is 11.1 Å². The number of hydrogen-bond acceptors (Lipinski definition) is 5. The molecule has 1 saturated carbocycles. The fraction of sp³-hybridized carbons (Fsp3) is 0.444. The average Bonchev–Trinajstić information content (AvgIpc) is 3.47. The molecule has 3 N–H and O–H groups in total. The van der Waals surface area contributed by atoms with E-state index in [0.29, 0.717) is 13.0 Å². The zero-order chi connectivity index (χ0) is 24.9. The molecule has 4 rings (SSSR count). The first-order chi connectivity index (χ1) is 16.9. The van der Waals surface area contributed by atoms with Crippen LogP contribution >= 0.6 is 0 Å². The SMILES string of the molecule is CO[C@H](C)[C@H](NC(=O)[C@H]1CCC[C@H]1CNC(=O)OCC1c2ccccc2-c2ccccc21)C(=O)O. The van der Waals surface area contributed by atoms with Gasteiger partial charge in [0.05, 0.1) is 6.10 Å². The van der Waals surface area contributed by atoms with E-state index in [4.69, 9.17) is 9.47 Å². The molecular formula is C27H32N2O6. The third-order valence-electron chi connectivity index (χ3n) is 7.25. The molecule has 8 nitrogen and oxygen atoms in total. The van der Waals surface area contributed by atoms with Crippen molar-refractivity contribution in [1.29, 1.82) is 0 Å². The molecule has 0 aromatic heterocycles. The van der Waals surface area contributed by atoms with Gasteiger partial charge >= 0.3 is 12.1 Å². The van der Waals surface area contributed by atoms with Crippen molar-refractivity contribution in [1.82, 2.24) is 10.6 Å². The van der Waals surface area contributed by atoms with E-state index < -0.39 is 24.2 Å². The van der Waals surface area contributed by atoms with Gasteiger partial charge in [-0.1, -0.05) is 55.0 Å². The summed E-state index contributed by atoms with van der Waals surface area (Å²) < 4.78 is 10.7. The number of rotatable bonds is 9. The van der Waals surface area contributed by atoms with Crippen molar-refractivity contribution in [2.75, 3.05) is 20.3 Å². The van der Waals surface area contributed by atoms with Gasteiger partial charge in [-0.15, -0.1) is 0 Å². The lowest BCUT2D eigenvalue weighted by Crippen LogP contribution is -2.51. The summed E-state index contributed by atoms with van der Waals surface area (Å²) >= 11 is 0. The quantitative estimate of drug-likeness (QED) is 0.506. The molecule has 35 heavy (non-hydrogen) atoms. The molecule has 2 aromatic rings. The highest BCUT2D eigenvalue weighted by molar-refractivity contribution is 5.86. The summed E-state index contributed by atoms with van der Waals surface area (Å²) in [7, 11) is 1.41. The summed E-state index contributed by atoms with van der Waals surface area (Å²) in [5.41, 5.74) is 4.62. The molecule has 2 amide bonds. The number of benzene rings is 2. The second kappa shape index (κ2) is 10.9. The maximum Gasteiger partial charge on any atom is 0.407 e. The Labute approximate surface area is 205 Å². The number of fused-ring (bicyclic) bond motifs is 3. The second-order valence-electron chi connectivity index (χ2n) is 9.27. The molecule has 2 aromatic carbocycles. The second-order valence-corrected chi connectivity index (χ2v) is 9.27. The van der Waals surface area contributed by atoms with Gasteiger partial charge in [0, 0.05) is 25.5 Å². The van der Waals surface area contributed by atoms with Crippen molar-refractivity contribution in [2.45, 2.75) is 44.2 Å². The fourth-order valence-corrected chi connectivity index (χ4v) is 5.27. The molecule has 186 valence electrons. The van der Waals surface area contributed by atoms with E-state index in [0.717, 1.165) is 24.0 Å². The van der Waals surface area contributed by atoms with Crippen LogP contribution in [-0.4, -0.2) is 55.5 Å². The van der Waals surface area contributed by atoms with E-state index in [1.54, 1.807) is 6.92 Å². The summed E-state index contributed by atoms with van der Waals surface area (Å²) in [5, 5.41) is 14.8. The number of amides is 2. The fourth-order valence-electron chi connectivity index (χ4n) is 5.27. The third kappa shape index (κ3) is 5.32. The topological polar surface area (TPSA) is 114 Å². The molecule has 1 fully saturated rings. The minimum absolute atomic E-state index is 0.0196. The van der Waals surface area contributed by atoms with Crippen LogP contribution in [0.3, 0.4) is 0 Å². The van der Waals surface area contributed by atoms with Crippen molar-refractivity contribution in [3.63, 3.8) is 0 Å². The number of aliphatic carboxylic acids is 1. The largest absolute Gasteiger partial charge is 0.480 e. The summed E-state index contributed by atoms with van der Waals surface area (Å²) in [6.45, 7) is 2.12. The Morgan fingerprint density at radius 3 is 2.26 bits per heavy atom. The smallest absolute Gasteiger partial charge is 0.407 e. The zero-order valence-corrected chi connectivity index (χ0v) is 20.0. The minimum Gasteiger partial charge on any atom is -0.480 e. The van der Waals surface area contributed by atoms with Gasteiger partial charge < -0.3 is 25.2 Å². The number of hydrogen-bond donors (Lipinski definition) is 3. The van der Waals surface area contributed by atoms with Crippen molar-refractivity contribution in [3.05, 3.63) is 59.7 Å². The predicted molar refractivity (Wildman–Crippen MR) is 130 cm³/mol. The normalized spacial score (nSPS) is 20.4. The van der Waals surface area contributed by atoms with Crippen LogP contribution in [0.1, 0.15) is 43.2 Å². The van der Waals surface area contributed by atoms with Crippen LogP contribution in [0.15, 0.2) is 48.5 Å². The van der Waals surface area contributed by atoms with Crippen LogP contribution in [0.25, 0.3) is 11.1 Å². The summed E-state index contributed by atoms with van der Waals surface area (Å²) in [6, 6.07) is 15.2. The first-order valence-electron chi connectivity index (χ1n) is 12.1. The van der Waals surface area contributed by atoms with Crippen LogP contribution in [0.5, 0.6) is 0 Å². The summed E-state index contributed by atoms with van der Waals surface area (Å²) in [5.74, 6) is -1.93. The molecule has 8 heteroatoms. The molecule has 0 saturated heterocycles. The summed E-state index contributed by atoms with van der Waals surface area (Å²) in [6.07, 6.45) is 1.09. The summed E-state index contributed by atoms with van der Waals surface area (Å²) in [4.78, 5) is 36.8. The maximum atomic E-state index is 12.8. The van der Waals surface area contributed by atoms with Gasteiger partial charge in [-0.25, -0.2) is 9.59 Å². The highest BCUT2D eigenvalue weighted by atomic mass is 16.5. The van der Waals surface area contributed by atoms with Crippen LogP contribution in [0, 0.1) is 11.8 Å². The van der Waals surface area contributed by atoms with Gasteiger partial charge in [-0.05, 0) is 47.9 Å². The van der Waals surface area contributed by atoms with Gasteiger partial charge in [0.1, 0.15) is 6.61 Å². The van der Waals surface area contributed by atoms with Gasteiger partial charge in [0.25, 0.3) is 0 Å². The van der Waals surface area contributed by atoms with E-state index in [9.17, 15) is 19.5 Å². The Bertz CT molecular complexity index is 1040. The van der Waals surface area contributed by atoms with Crippen LogP contribution in [0.4, 0.5) is 4.79 Å². The number of methoxy groups -OCH3 is 1. The predicted octanol–water partition coefficient (Wildman–Crippen LogP) is 3.55. The molecule has 0 radical (unpaired) electrons. The Morgan fingerprint density at radius 2 is 1.66 bits per heavy atom. The zero-order valence-electron chi connectivity index (χ0n) is 20.0. The van der Waals surface area contributed by atoms with E-state index in [1.807, 2.05) is 24.3 Å². The number of carbonyl (C=O) groups is 3. The maximum absolute atomic E-state index is 12.8. The third-order valence-corrected chi connectivity index (χ3v) is 7.25. The molecule has 0 aliphatic heterocycles. The van der Waals surface area contributed by atoms with Crippen molar-refractivity contribution >= 4 is 18.0 Å². The lowest BCUT2D eigenvalue weighted by Gasteiger charge is -2.24. The van der Waals surface area contributed by atoms with Gasteiger partial charge in [0.2, 0.25) is 5.91 Å². The van der Waals surface area contributed by atoms with Crippen molar-refractivity contribution in [2.24, 2.45) is 11.8 Å². The standard InChI is InChI=1S/C27H32N2O6/c1-16(34-2)24(26(31)32)29-25(30)18-13-7-8-17(18)14-28-27(33)35-15-23-21-11-5-3-9-19(21)20-10-4-6-12-22(20)23/h3-6,9-12,16-18,23-24H,7-8,13-15H2,1-2H3,(H,28,33)(H,29,30)(H,31,32)/t16-,17+,18+,24+/m1/s1. The lowest BCUT2D eigenvalue weighted by atomic mass is 9.94. The molecule has 4 atom stereocenters. The van der Waals surface area contributed by atoms with E-state index in [-0.39, 0.29) is 30.3 Å². The highest BCUT2D eigenvalue weighted by Gasteiger charge is 2.36. The van der Waals surface area contributed by atoms with Crippen molar-refractivity contribution < 1.29 is 29.0 Å². The number of alkyl carbamates (subject to hydrolysis) is 1. The molecular weight excluding hydrogens is 448 g/mol. The van der Waals surface area contributed by atoms with Crippen LogP contribution in [-0.2, 0) is 19.1 Å². The number of nitrogens with one attached hydrogen (secondary N) is 2. The van der Waals surface area contributed by atoms with Gasteiger partial charge in [0.15, 0.2) is 6.04 Å². The molecule has 2 aliphatic carbocycles. The van der Waals surface area contributed by atoms with E-state index in [1.165, 1.54) is 18.2 Å². The molecule has 0 bridgehead atoms. The number of ether oxygens (including phenoxy) is 2. The first-order valence-corrected chi connectivity index (χ1v) is 12.1. The minimum atomic E-state index is -1.14. The Balaban J connectivity index is 1.31. The molecule has 0 spiro atoms. The van der Waals surface area contributed by atoms with Gasteiger partial charge in [-0.2, -0.15) is 0 Å². The molecule has 0 heterocycles. The van der Waals surface area contributed by atoms with Crippen LogP contribution < -0.4 is 10.6 Å². The lowest BCUT2D eigenvalue weighted by molar-refractivity contribution is -0.146. The number of carboxylic acids is 1. The monoisotopic (exact) mass is 480 g/mol. The Hall–Kier alpha value is -3.39. The number of carboxylic acid groups (broad SMARTS) is 1. The Morgan fingerprint density at radius 1 is 1.03 bits per heavy atom. The molecule has 0 unspecified atom stereocenters. The van der Waals surface area contributed by atoms with E-state index >= 15 is 0 Å². The first kappa shape index (κ1) is 24.7. The van der Waals surface area contributed by atoms with Crippen LogP contribution in [0.2, 0.25) is 0 Å².